The van der Waals surface area contributed by atoms with E-state index in [0.717, 1.165) is 17.7 Å². The van der Waals surface area contributed by atoms with Crippen molar-refractivity contribution in [1.82, 2.24) is 4.98 Å². The summed E-state index contributed by atoms with van der Waals surface area (Å²) in [7, 11) is 1.53. The Bertz CT molecular complexity index is 672. The van der Waals surface area contributed by atoms with Gasteiger partial charge in [0.1, 0.15) is 5.75 Å². The van der Waals surface area contributed by atoms with Crippen LogP contribution in [0.2, 0.25) is 0 Å². The molecule has 1 atom stereocenters. The first kappa shape index (κ1) is 13.6. The van der Waals surface area contributed by atoms with Gasteiger partial charge < -0.3 is 15.4 Å². The third kappa shape index (κ3) is 2.48. The van der Waals surface area contributed by atoms with Gasteiger partial charge in [0.2, 0.25) is 0 Å². The summed E-state index contributed by atoms with van der Waals surface area (Å²) in [4.78, 5) is 18.6. The van der Waals surface area contributed by atoms with Crippen LogP contribution in [0.25, 0.3) is 0 Å². The molecule has 0 spiro atoms. The predicted molar refractivity (Wildman–Crippen MR) is 80.6 cm³/mol. The van der Waals surface area contributed by atoms with E-state index in [2.05, 4.69) is 4.98 Å². The van der Waals surface area contributed by atoms with E-state index in [1.165, 1.54) is 7.11 Å². The third-order valence-electron chi connectivity index (χ3n) is 3.66. The van der Waals surface area contributed by atoms with Gasteiger partial charge in [-0.1, -0.05) is 18.2 Å². The average molecular weight is 283 g/mol. The van der Waals surface area contributed by atoms with E-state index in [1.54, 1.807) is 23.4 Å². The van der Waals surface area contributed by atoms with Gasteiger partial charge in [0, 0.05) is 24.5 Å². The van der Waals surface area contributed by atoms with Crippen LogP contribution in [0.3, 0.4) is 0 Å². The minimum atomic E-state index is -0.114. The number of hydrogen-bond acceptors (Lipinski definition) is 4. The van der Waals surface area contributed by atoms with E-state index in [1.807, 2.05) is 24.3 Å². The topological polar surface area (TPSA) is 68.5 Å². The minimum Gasteiger partial charge on any atom is -0.494 e. The molecule has 5 heteroatoms. The molecule has 1 amide bonds. The molecule has 0 fully saturated rings. The summed E-state index contributed by atoms with van der Waals surface area (Å²) in [6.07, 6.45) is 3.92. The maximum absolute atomic E-state index is 12.9. The summed E-state index contributed by atoms with van der Waals surface area (Å²) in [6.45, 7) is 0.501. The summed E-state index contributed by atoms with van der Waals surface area (Å²) in [5.74, 6) is 0.357. The van der Waals surface area contributed by atoms with Gasteiger partial charge in [-0.25, -0.2) is 0 Å². The van der Waals surface area contributed by atoms with Gasteiger partial charge in [0.25, 0.3) is 5.91 Å². The van der Waals surface area contributed by atoms with Crippen LogP contribution in [-0.2, 0) is 6.42 Å². The maximum atomic E-state index is 12.9. The highest BCUT2D eigenvalue weighted by Gasteiger charge is 2.28. The zero-order chi connectivity index (χ0) is 14.8. The smallest absolute Gasteiger partial charge is 0.262 e. The largest absolute Gasteiger partial charge is 0.494 e. The molecule has 0 saturated heterocycles. The molecule has 0 bridgehead atoms. The number of para-hydroxylation sites is 1. The lowest BCUT2D eigenvalue weighted by Gasteiger charge is -2.33. The second-order valence-electron chi connectivity index (χ2n) is 5.08. The van der Waals surface area contributed by atoms with E-state index in [9.17, 15) is 4.79 Å². The Balaban J connectivity index is 2.02. The van der Waals surface area contributed by atoms with E-state index in [4.69, 9.17) is 10.5 Å². The van der Waals surface area contributed by atoms with Crippen LogP contribution in [0.5, 0.6) is 5.75 Å². The molecular weight excluding hydrogens is 266 g/mol. The summed E-state index contributed by atoms with van der Waals surface area (Å²) in [5, 5.41) is 0. The fourth-order valence-electron chi connectivity index (χ4n) is 2.68. The van der Waals surface area contributed by atoms with Crippen LogP contribution in [0.15, 0.2) is 42.7 Å². The molecule has 1 aliphatic rings. The average Bonchev–Trinajstić information content (AvgIpc) is 2.53. The maximum Gasteiger partial charge on any atom is 0.262 e. The summed E-state index contributed by atoms with van der Waals surface area (Å²) in [5.41, 5.74) is 8.60. The van der Waals surface area contributed by atoms with E-state index < -0.39 is 0 Å². The van der Waals surface area contributed by atoms with E-state index in [-0.39, 0.29) is 11.9 Å². The fraction of sp³-hybridized carbons (Fsp3) is 0.250. The van der Waals surface area contributed by atoms with Crippen molar-refractivity contribution in [2.75, 3.05) is 18.6 Å². The van der Waals surface area contributed by atoms with Crippen LogP contribution < -0.4 is 15.4 Å². The normalized spacial score (nSPS) is 17.2. The molecule has 5 nitrogen and oxygen atoms in total. The zero-order valence-corrected chi connectivity index (χ0v) is 11.8. The number of methoxy groups -OCH3 is 1. The number of carbonyl (C=O) groups excluding carboxylic acids is 1. The van der Waals surface area contributed by atoms with Crippen molar-refractivity contribution in [3.63, 3.8) is 0 Å². The molecule has 3 rings (SSSR count). The summed E-state index contributed by atoms with van der Waals surface area (Å²) < 4.78 is 5.23. The molecule has 21 heavy (non-hydrogen) atoms. The molecule has 0 radical (unpaired) electrons. The molecule has 2 N–H and O–H groups in total. The number of pyridine rings is 1. The van der Waals surface area contributed by atoms with Crippen molar-refractivity contribution in [2.45, 2.75) is 12.5 Å². The molecule has 1 aromatic carbocycles. The summed E-state index contributed by atoms with van der Waals surface area (Å²) in [6, 6.07) is 9.47. The first-order valence-electron chi connectivity index (χ1n) is 6.84. The Labute approximate surface area is 123 Å². The van der Waals surface area contributed by atoms with Gasteiger partial charge in [-0.3, -0.25) is 9.78 Å². The number of fused-ring (bicyclic) bond motifs is 1. The number of hydrogen-bond donors (Lipinski definition) is 1. The van der Waals surface area contributed by atoms with Gasteiger partial charge in [-0.15, -0.1) is 0 Å². The second-order valence-corrected chi connectivity index (χ2v) is 5.08. The van der Waals surface area contributed by atoms with Crippen molar-refractivity contribution in [3.05, 3.63) is 53.9 Å². The van der Waals surface area contributed by atoms with Gasteiger partial charge in [0.15, 0.2) is 0 Å². The molecule has 0 aliphatic carbocycles. The predicted octanol–water partition coefficient (Wildman–Crippen LogP) is 1.62. The number of anilines is 1. The standard InChI is InChI=1S/C16H17N3O2/c1-21-15-9-18-7-6-13(15)16(20)19-10-12(17)8-11-4-2-3-5-14(11)19/h2-7,9,12H,8,10,17H2,1H3. The Kier molecular flexibility index (Phi) is 3.58. The highest BCUT2D eigenvalue weighted by atomic mass is 16.5. The molecule has 2 aromatic rings. The third-order valence-corrected chi connectivity index (χ3v) is 3.66. The van der Waals surface area contributed by atoms with Crippen LogP contribution >= 0.6 is 0 Å². The van der Waals surface area contributed by atoms with Crippen molar-refractivity contribution in [3.8, 4) is 5.75 Å². The number of rotatable bonds is 2. The number of carbonyl (C=O) groups is 1. The lowest BCUT2D eigenvalue weighted by atomic mass is 9.97. The van der Waals surface area contributed by atoms with Crippen molar-refractivity contribution in [2.24, 2.45) is 5.73 Å². The highest BCUT2D eigenvalue weighted by Crippen LogP contribution is 2.29. The Morgan fingerprint density at radius 1 is 1.38 bits per heavy atom. The fourth-order valence-corrected chi connectivity index (χ4v) is 2.68. The quantitative estimate of drug-likeness (QED) is 0.909. The molecule has 2 heterocycles. The Morgan fingerprint density at radius 3 is 3.00 bits per heavy atom. The highest BCUT2D eigenvalue weighted by molar-refractivity contribution is 6.08. The van der Waals surface area contributed by atoms with Crippen LogP contribution in [0.1, 0.15) is 15.9 Å². The number of aromatic nitrogens is 1. The van der Waals surface area contributed by atoms with E-state index >= 15 is 0 Å². The molecule has 108 valence electrons. The molecule has 1 aliphatic heterocycles. The number of ether oxygens (including phenoxy) is 1. The lowest BCUT2D eigenvalue weighted by molar-refractivity contribution is 0.0980. The van der Waals surface area contributed by atoms with Gasteiger partial charge in [-0.2, -0.15) is 0 Å². The zero-order valence-electron chi connectivity index (χ0n) is 11.8. The number of nitrogens with zero attached hydrogens (tertiary/aromatic N) is 2. The lowest BCUT2D eigenvalue weighted by Crippen LogP contribution is -2.46. The monoisotopic (exact) mass is 283 g/mol. The van der Waals surface area contributed by atoms with E-state index in [0.29, 0.717) is 17.9 Å². The molecule has 0 saturated carbocycles. The van der Waals surface area contributed by atoms with Crippen LogP contribution in [-0.4, -0.2) is 30.6 Å². The van der Waals surface area contributed by atoms with Crippen LogP contribution in [0, 0.1) is 0 Å². The minimum absolute atomic E-state index is 0.0586. The van der Waals surface area contributed by atoms with Crippen LogP contribution in [0.4, 0.5) is 5.69 Å². The molecular formula is C16H17N3O2. The van der Waals surface area contributed by atoms with Gasteiger partial charge >= 0.3 is 0 Å². The number of nitrogens with two attached hydrogens (primary N) is 1. The number of benzene rings is 1. The first-order chi connectivity index (χ1) is 10.2. The molecule has 1 aromatic heterocycles. The molecule has 1 unspecified atom stereocenters. The number of amides is 1. The van der Waals surface area contributed by atoms with Crippen molar-refractivity contribution < 1.29 is 9.53 Å². The second kappa shape index (κ2) is 5.54. The Hall–Kier alpha value is -2.40. The van der Waals surface area contributed by atoms with Crippen molar-refractivity contribution >= 4 is 11.6 Å². The summed E-state index contributed by atoms with van der Waals surface area (Å²) >= 11 is 0. The SMILES string of the molecule is COc1cnccc1C(=O)N1CC(N)Cc2ccccc21. The van der Waals surface area contributed by atoms with Crippen molar-refractivity contribution in [1.29, 1.82) is 0 Å². The van der Waals surface area contributed by atoms with Gasteiger partial charge in [0.05, 0.1) is 18.9 Å². The first-order valence-corrected chi connectivity index (χ1v) is 6.84. The van der Waals surface area contributed by atoms with Gasteiger partial charge in [-0.05, 0) is 24.1 Å². The Morgan fingerprint density at radius 2 is 2.19 bits per heavy atom.